The van der Waals surface area contributed by atoms with E-state index in [1.54, 1.807) is 16.2 Å². The number of amides is 2. The average molecular weight is 298 g/mol. The first-order valence-corrected chi connectivity index (χ1v) is 7.32. The fourth-order valence-corrected chi connectivity index (χ4v) is 2.58. The van der Waals surface area contributed by atoms with Gasteiger partial charge in [-0.3, -0.25) is 0 Å². The number of carboxylic acid groups (broad SMARTS) is 1. The largest absolute Gasteiger partial charge is 0.479 e. The van der Waals surface area contributed by atoms with E-state index in [1.165, 1.54) is 7.11 Å². The number of nitrogens with one attached hydrogen (secondary N) is 1. The van der Waals surface area contributed by atoms with Crippen LogP contribution in [-0.4, -0.2) is 47.8 Å². The predicted octanol–water partition coefficient (Wildman–Crippen LogP) is 1.52. The van der Waals surface area contributed by atoms with Crippen molar-refractivity contribution >= 4 is 23.3 Å². The SMILES string of the molecule is COC(CNC(=O)N(Cc1cccs1)C1CC1)C(=O)O. The highest BCUT2D eigenvalue weighted by atomic mass is 32.1. The Morgan fingerprint density at radius 3 is 2.85 bits per heavy atom. The highest BCUT2D eigenvalue weighted by Gasteiger charge is 2.33. The van der Waals surface area contributed by atoms with Gasteiger partial charge in [-0.15, -0.1) is 11.3 Å². The standard InChI is InChI=1S/C13H18N2O4S/c1-19-11(12(16)17)7-14-13(18)15(9-4-5-9)8-10-3-2-6-20-10/h2-3,6,9,11H,4-5,7-8H2,1H3,(H,14,18)(H,16,17). The number of hydrogen-bond donors (Lipinski definition) is 2. The maximum Gasteiger partial charge on any atom is 0.334 e. The molecule has 1 aromatic heterocycles. The number of rotatable bonds is 7. The summed E-state index contributed by atoms with van der Waals surface area (Å²) in [5.74, 6) is -1.08. The first-order valence-electron chi connectivity index (χ1n) is 6.44. The predicted molar refractivity (Wildman–Crippen MR) is 74.7 cm³/mol. The summed E-state index contributed by atoms with van der Waals surface area (Å²) in [4.78, 5) is 25.9. The van der Waals surface area contributed by atoms with Gasteiger partial charge >= 0.3 is 12.0 Å². The van der Waals surface area contributed by atoms with E-state index in [1.807, 2.05) is 17.5 Å². The molecule has 6 nitrogen and oxygen atoms in total. The summed E-state index contributed by atoms with van der Waals surface area (Å²) in [6, 6.07) is 3.98. The first kappa shape index (κ1) is 14.8. The second-order valence-corrected chi connectivity index (χ2v) is 5.72. The van der Waals surface area contributed by atoms with Gasteiger partial charge in [-0.2, -0.15) is 0 Å². The van der Waals surface area contributed by atoms with Crippen LogP contribution in [0.25, 0.3) is 0 Å². The molecule has 0 bridgehead atoms. The van der Waals surface area contributed by atoms with E-state index in [0.717, 1.165) is 17.7 Å². The van der Waals surface area contributed by atoms with Gasteiger partial charge in [0.2, 0.25) is 0 Å². The van der Waals surface area contributed by atoms with Crippen molar-refractivity contribution in [2.45, 2.75) is 31.5 Å². The molecule has 0 aliphatic heterocycles. The Kier molecular flexibility index (Phi) is 4.97. The number of urea groups is 1. The van der Waals surface area contributed by atoms with E-state index in [-0.39, 0.29) is 18.6 Å². The number of aliphatic carboxylic acids is 1. The second kappa shape index (κ2) is 6.71. The zero-order valence-electron chi connectivity index (χ0n) is 11.2. The van der Waals surface area contributed by atoms with E-state index in [9.17, 15) is 9.59 Å². The van der Waals surface area contributed by atoms with Gasteiger partial charge in [0.25, 0.3) is 0 Å². The summed E-state index contributed by atoms with van der Waals surface area (Å²) in [6.07, 6.45) is 0.999. The van der Waals surface area contributed by atoms with Crippen molar-refractivity contribution in [1.82, 2.24) is 10.2 Å². The molecule has 2 rings (SSSR count). The van der Waals surface area contributed by atoms with E-state index in [0.29, 0.717) is 6.54 Å². The third-order valence-electron chi connectivity index (χ3n) is 3.15. The molecule has 1 fully saturated rings. The van der Waals surface area contributed by atoms with Crippen molar-refractivity contribution in [2.75, 3.05) is 13.7 Å². The highest BCUT2D eigenvalue weighted by Crippen LogP contribution is 2.29. The maximum absolute atomic E-state index is 12.2. The molecule has 1 aliphatic rings. The van der Waals surface area contributed by atoms with Crippen LogP contribution in [0.4, 0.5) is 4.79 Å². The maximum atomic E-state index is 12.2. The minimum Gasteiger partial charge on any atom is -0.479 e. The Hall–Kier alpha value is -1.60. The van der Waals surface area contributed by atoms with Crippen molar-refractivity contribution in [3.63, 3.8) is 0 Å². The Morgan fingerprint density at radius 2 is 2.35 bits per heavy atom. The lowest BCUT2D eigenvalue weighted by molar-refractivity contribution is -0.148. The van der Waals surface area contributed by atoms with Gasteiger partial charge in [0.15, 0.2) is 6.10 Å². The number of carbonyl (C=O) groups excluding carboxylic acids is 1. The van der Waals surface area contributed by atoms with Gasteiger partial charge in [-0.1, -0.05) is 6.07 Å². The lowest BCUT2D eigenvalue weighted by atomic mass is 10.3. The van der Waals surface area contributed by atoms with Crippen molar-refractivity contribution in [1.29, 1.82) is 0 Å². The fourth-order valence-electron chi connectivity index (χ4n) is 1.88. The zero-order valence-corrected chi connectivity index (χ0v) is 12.1. The Balaban J connectivity index is 1.89. The third-order valence-corrected chi connectivity index (χ3v) is 4.01. The van der Waals surface area contributed by atoms with Crippen LogP contribution in [-0.2, 0) is 16.1 Å². The molecule has 1 heterocycles. The molecule has 0 spiro atoms. The van der Waals surface area contributed by atoms with Crippen LogP contribution >= 0.6 is 11.3 Å². The van der Waals surface area contributed by atoms with Gasteiger partial charge in [0.05, 0.1) is 13.1 Å². The van der Waals surface area contributed by atoms with Crippen molar-refractivity contribution < 1.29 is 19.4 Å². The molecule has 0 aromatic carbocycles. The first-order chi connectivity index (χ1) is 9.61. The van der Waals surface area contributed by atoms with Crippen molar-refractivity contribution in [3.8, 4) is 0 Å². The topological polar surface area (TPSA) is 78.9 Å². The van der Waals surface area contributed by atoms with Crippen LogP contribution < -0.4 is 5.32 Å². The molecule has 1 unspecified atom stereocenters. The van der Waals surface area contributed by atoms with Crippen LogP contribution in [0.5, 0.6) is 0 Å². The number of hydrogen-bond acceptors (Lipinski definition) is 4. The van der Waals surface area contributed by atoms with E-state index in [4.69, 9.17) is 9.84 Å². The Bertz CT molecular complexity index is 459. The van der Waals surface area contributed by atoms with Crippen molar-refractivity contribution in [3.05, 3.63) is 22.4 Å². The summed E-state index contributed by atoms with van der Waals surface area (Å²) >= 11 is 1.61. The van der Waals surface area contributed by atoms with Gasteiger partial charge in [0, 0.05) is 18.0 Å². The molecule has 0 radical (unpaired) electrons. The molecular weight excluding hydrogens is 280 g/mol. The molecule has 1 atom stereocenters. The summed E-state index contributed by atoms with van der Waals surface area (Å²) in [5, 5.41) is 13.5. The Labute approximate surface area is 121 Å². The molecule has 1 aromatic rings. The molecule has 20 heavy (non-hydrogen) atoms. The minimum atomic E-state index is -1.08. The summed E-state index contributed by atoms with van der Waals surface area (Å²) < 4.78 is 4.79. The minimum absolute atomic E-state index is 0.0294. The smallest absolute Gasteiger partial charge is 0.334 e. The number of carbonyl (C=O) groups is 2. The molecule has 7 heteroatoms. The zero-order chi connectivity index (χ0) is 14.5. The van der Waals surface area contributed by atoms with E-state index in [2.05, 4.69) is 5.32 Å². The normalized spacial score (nSPS) is 15.7. The van der Waals surface area contributed by atoms with Crippen LogP contribution in [0.3, 0.4) is 0 Å². The quantitative estimate of drug-likeness (QED) is 0.800. The third kappa shape index (κ3) is 3.94. The van der Waals surface area contributed by atoms with Crippen LogP contribution in [0.1, 0.15) is 17.7 Å². The number of carboxylic acids is 1. The monoisotopic (exact) mass is 298 g/mol. The lowest BCUT2D eigenvalue weighted by Crippen LogP contribution is -2.45. The van der Waals surface area contributed by atoms with Gasteiger partial charge in [-0.05, 0) is 24.3 Å². The lowest BCUT2D eigenvalue weighted by Gasteiger charge is -2.23. The van der Waals surface area contributed by atoms with Crippen molar-refractivity contribution in [2.24, 2.45) is 0 Å². The van der Waals surface area contributed by atoms with Gasteiger partial charge < -0.3 is 20.1 Å². The molecule has 110 valence electrons. The van der Waals surface area contributed by atoms with Crippen LogP contribution in [0.15, 0.2) is 17.5 Å². The number of ether oxygens (including phenoxy) is 1. The molecule has 2 amide bonds. The number of thiophene rings is 1. The fraction of sp³-hybridized carbons (Fsp3) is 0.538. The molecule has 1 aliphatic carbocycles. The molecule has 1 saturated carbocycles. The number of nitrogens with zero attached hydrogens (tertiary/aromatic N) is 1. The number of methoxy groups -OCH3 is 1. The van der Waals surface area contributed by atoms with E-state index >= 15 is 0 Å². The van der Waals surface area contributed by atoms with Gasteiger partial charge in [-0.25, -0.2) is 9.59 Å². The van der Waals surface area contributed by atoms with Crippen LogP contribution in [0.2, 0.25) is 0 Å². The summed E-state index contributed by atoms with van der Waals surface area (Å²) in [5.41, 5.74) is 0. The molecular formula is C13H18N2O4S. The molecule has 0 saturated heterocycles. The van der Waals surface area contributed by atoms with Gasteiger partial charge in [0.1, 0.15) is 0 Å². The summed E-state index contributed by atoms with van der Waals surface area (Å²) in [7, 11) is 1.31. The highest BCUT2D eigenvalue weighted by molar-refractivity contribution is 7.09. The summed E-state index contributed by atoms with van der Waals surface area (Å²) in [6.45, 7) is 0.539. The second-order valence-electron chi connectivity index (χ2n) is 4.69. The average Bonchev–Trinajstić information content (AvgIpc) is 3.13. The Morgan fingerprint density at radius 1 is 1.60 bits per heavy atom. The molecule has 2 N–H and O–H groups in total. The van der Waals surface area contributed by atoms with E-state index < -0.39 is 12.1 Å². The van der Waals surface area contributed by atoms with Crippen LogP contribution in [0, 0.1) is 0 Å².